The van der Waals surface area contributed by atoms with E-state index in [0.29, 0.717) is 42.0 Å². The fraction of sp³-hybridized carbons (Fsp3) is 0.440. The molecule has 174 valence electrons. The van der Waals surface area contributed by atoms with Crippen LogP contribution in [0.2, 0.25) is 0 Å². The summed E-state index contributed by atoms with van der Waals surface area (Å²) in [4.78, 5) is 21.9. The number of aryl methyl sites for hydroxylation is 1. The molecule has 1 aliphatic rings. The SMILES string of the molecule is CCOc1cc(C(=O)NC2(c3noc(C)n3)CCCCCC2)ccc1OCc1cccnc1. The van der Waals surface area contributed by atoms with Crippen LogP contribution in [-0.4, -0.2) is 27.6 Å². The average molecular weight is 451 g/mol. The van der Waals surface area contributed by atoms with Gasteiger partial charge >= 0.3 is 0 Å². The minimum absolute atomic E-state index is 0.195. The predicted molar refractivity (Wildman–Crippen MR) is 122 cm³/mol. The zero-order valence-electron chi connectivity index (χ0n) is 19.2. The zero-order valence-corrected chi connectivity index (χ0v) is 19.2. The lowest BCUT2D eigenvalue weighted by Crippen LogP contribution is -2.46. The summed E-state index contributed by atoms with van der Waals surface area (Å²) in [6.07, 6.45) is 9.30. The number of rotatable bonds is 8. The van der Waals surface area contributed by atoms with E-state index in [-0.39, 0.29) is 5.91 Å². The number of nitrogens with zero attached hydrogens (tertiary/aromatic N) is 3. The quantitative estimate of drug-likeness (QED) is 0.495. The Kier molecular flexibility index (Phi) is 7.22. The van der Waals surface area contributed by atoms with Crippen molar-refractivity contribution in [1.82, 2.24) is 20.4 Å². The van der Waals surface area contributed by atoms with E-state index >= 15 is 0 Å². The van der Waals surface area contributed by atoms with Crippen LogP contribution in [0.5, 0.6) is 11.5 Å². The number of hydrogen-bond acceptors (Lipinski definition) is 7. The summed E-state index contributed by atoms with van der Waals surface area (Å²) in [5.41, 5.74) is 0.815. The third kappa shape index (κ3) is 5.50. The minimum atomic E-state index is -0.632. The number of amides is 1. The van der Waals surface area contributed by atoms with Crippen LogP contribution < -0.4 is 14.8 Å². The summed E-state index contributed by atoms with van der Waals surface area (Å²) in [6.45, 7) is 4.48. The topological polar surface area (TPSA) is 99.4 Å². The smallest absolute Gasteiger partial charge is 0.252 e. The molecule has 3 aromatic rings. The maximum atomic E-state index is 13.4. The Morgan fingerprint density at radius 3 is 2.61 bits per heavy atom. The summed E-state index contributed by atoms with van der Waals surface area (Å²) >= 11 is 0. The van der Waals surface area contributed by atoms with Crippen LogP contribution in [0.15, 0.2) is 47.2 Å². The van der Waals surface area contributed by atoms with Gasteiger partial charge in [0.2, 0.25) is 5.89 Å². The lowest BCUT2D eigenvalue weighted by molar-refractivity contribution is 0.0876. The van der Waals surface area contributed by atoms with Crippen molar-refractivity contribution in [2.45, 2.75) is 64.5 Å². The molecule has 1 saturated carbocycles. The third-order valence-corrected chi connectivity index (χ3v) is 5.89. The fourth-order valence-electron chi connectivity index (χ4n) is 4.20. The average Bonchev–Trinajstić information content (AvgIpc) is 3.14. The highest BCUT2D eigenvalue weighted by atomic mass is 16.5. The Labute approximate surface area is 193 Å². The fourth-order valence-corrected chi connectivity index (χ4v) is 4.20. The minimum Gasteiger partial charge on any atom is -0.490 e. The van der Waals surface area contributed by atoms with Crippen molar-refractivity contribution in [3.63, 3.8) is 0 Å². The summed E-state index contributed by atoms with van der Waals surface area (Å²) in [5.74, 6) is 1.96. The van der Waals surface area contributed by atoms with E-state index in [9.17, 15) is 4.79 Å². The number of carbonyl (C=O) groups excluding carboxylic acids is 1. The van der Waals surface area contributed by atoms with Crippen LogP contribution in [0.3, 0.4) is 0 Å². The number of hydrogen-bond donors (Lipinski definition) is 1. The van der Waals surface area contributed by atoms with Gasteiger partial charge in [0.15, 0.2) is 17.3 Å². The van der Waals surface area contributed by atoms with Gasteiger partial charge < -0.3 is 19.3 Å². The molecule has 1 N–H and O–H groups in total. The van der Waals surface area contributed by atoms with Gasteiger partial charge in [-0.05, 0) is 44.0 Å². The van der Waals surface area contributed by atoms with Gasteiger partial charge in [-0.2, -0.15) is 4.98 Å². The first-order valence-electron chi connectivity index (χ1n) is 11.5. The lowest BCUT2D eigenvalue weighted by Gasteiger charge is -2.30. The summed E-state index contributed by atoms with van der Waals surface area (Å²) < 4.78 is 17.0. The number of pyridine rings is 1. The second kappa shape index (κ2) is 10.5. The first-order chi connectivity index (χ1) is 16.1. The predicted octanol–water partition coefficient (Wildman–Crippen LogP) is 4.73. The standard InChI is InChI=1S/C25H30N4O4/c1-3-31-22-15-20(10-11-21(22)32-17-19-9-8-14-26-16-19)23(30)28-25(12-6-4-5-7-13-25)24-27-18(2)33-29-24/h8-11,14-16H,3-7,12-13,17H2,1-2H3,(H,28,30). The van der Waals surface area contributed by atoms with Gasteiger partial charge in [0.25, 0.3) is 5.91 Å². The van der Waals surface area contributed by atoms with Crippen LogP contribution >= 0.6 is 0 Å². The number of nitrogens with one attached hydrogen (secondary N) is 1. The van der Waals surface area contributed by atoms with Gasteiger partial charge in [-0.1, -0.05) is 36.9 Å². The van der Waals surface area contributed by atoms with Gasteiger partial charge in [0.1, 0.15) is 12.1 Å². The van der Waals surface area contributed by atoms with E-state index < -0.39 is 5.54 Å². The van der Waals surface area contributed by atoms with E-state index in [4.69, 9.17) is 14.0 Å². The number of aromatic nitrogens is 3. The van der Waals surface area contributed by atoms with Crippen molar-refractivity contribution in [1.29, 1.82) is 0 Å². The largest absolute Gasteiger partial charge is 0.490 e. The first kappa shape index (κ1) is 22.8. The summed E-state index contributed by atoms with van der Waals surface area (Å²) in [6, 6.07) is 9.06. The molecular formula is C25H30N4O4. The highest BCUT2D eigenvalue weighted by Crippen LogP contribution is 2.36. The highest BCUT2D eigenvalue weighted by Gasteiger charge is 2.39. The van der Waals surface area contributed by atoms with Gasteiger partial charge in [-0.3, -0.25) is 9.78 Å². The molecule has 0 saturated heterocycles. The molecule has 1 aliphatic carbocycles. The lowest BCUT2D eigenvalue weighted by atomic mass is 9.88. The number of benzene rings is 1. The van der Waals surface area contributed by atoms with E-state index in [2.05, 4.69) is 20.4 Å². The zero-order chi connectivity index (χ0) is 23.1. The molecule has 1 fully saturated rings. The normalized spacial score (nSPS) is 15.5. The van der Waals surface area contributed by atoms with Crippen molar-refractivity contribution in [3.05, 3.63) is 65.6 Å². The molecule has 1 amide bonds. The Morgan fingerprint density at radius 2 is 1.94 bits per heavy atom. The number of ether oxygens (including phenoxy) is 2. The van der Waals surface area contributed by atoms with Crippen LogP contribution in [0.4, 0.5) is 0 Å². The molecule has 1 aromatic carbocycles. The van der Waals surface area contributed by atoms with E-state index in [1.165, 1.54) is 0 Å². The molecule has 8 heteroatoms. The molecule has 4 rings (SSSR count). The van der Waals surface area contributed by atoms with Crippen molar-refractivity contribution < 1.29 is 18.8 Å². The van der Waals surface area contributed by atoms with Crippen molar-refractivity contribution in [3.8, 4) is 11.5 Å². The van der Waals surface area contributed by atoms with Gasteiger partial charge in [0, 0.05) is 30.4 Å². The number of carbonyl (C=O) groups is 1. The molecule has 33 heavy (non-hydrogen) atoms. The molecule has 0 spiro atoms. The highest BCUT2D eigenvalue weighted by molar-refractivity contribution is 5.95. The van der Waals surface area contributed by atoms with E-state index in [0.717, 1.165) is 44.1 Å². The monoisotopic (exact) mass is 450 g/mol. The second-order valence-electron chi connectivity index (χ2n) is 8.33. The maximum absolute atomic E-state index is 13.4. The van der Waals surface area contributed by atoms with E-state index in [1.807, 2.05) is 19.1 Å². The molecule has 0 atom stereocenters. The Balaban J connectivity index is 1.55. The van der Waals surface area contributed by atoms with Gasteiger partial charge in [-0.25, -0.2) is 0 Å². The Hall–Kier alpha value is -3.42. The van der Waals surface area contributed by atoms with Crippen molar-refractivity contribution in [2.24, 2.45) is 0 Å². The molecule has 2 heterocycles. The molecule has 0 radical (unpaired) electrons. The molecule has 2 aromatic heterocycles. The first-order valence-corrected chi connectivity index (χ1v) is 11.5. The molecular weight excluding hydrogens is 420 g/mol. The van der Waals surface area contributed by atoms with Crippen LogP contribution in [0, 0.1) is 6.92 Å². The Morgan fingerprint density at radius 1 is 1.12 bits per heavy atom. The molecule has 0 bridgehead atoms. The van der Waals surface area contributed by atoms with Crippen LogP contribution in [0.1, 0.15) is 73.1 Å². The van der Waals surface area contributed by atoms with Crippen LogP contribution in [-0.2, 0) is 12.1 Å². The maximum Gasteiger partial charge on any atom is 0.252 e. The summed E-state index contributed by atoms with van der Waals surface area (Å²) in [7, 11) is 0. The molecule has 8 nitrogen and oxygen atoms in total. The second-order valence-corrected chi connectivity index (χ2v) is 8.33. The molecule has 0 aliphatic heterocycles. The summed E-state index contributed by atoms with van der Waals surface area (Å²) in [5, 5.41) is 7.40. The third-order valence-electron chi connectivity index (χ3n) is 5.89. The van der Waals surface area contributed by atoms with Gasteiger partial charge in [0.05, 0.1) is 6.61 Å². The molecule has 0 unspecified atom stereocenters. The van der Waals surface area contributed by atoms with Crippen LogP contribution in [0.25, 0.3) is 0 Å². The van der Waals surface area contributed by atoms with E-state index in [1.54, 1.807) is 37.5 Å². The van der Waals surface area contributed by atoms with Crippen molar-refractivity contribution in [2.75, 3.05) is 6.61 Å². The van der Waals surface area contributed by atoms with Gasteiger partial charge in [-0.15, -0.1) is 0 Å². The Bertz CT molecular complexity index is 1060. The van der Waals surface area contributed by atoms with Crippen molar-refractivity contribution >= 4 is 5.91 Å².